The van der Waals surface area contributed by atoms with Crippen molar-refractivity contribution in [3.63, 3.8) is 0 Å². The van der Waals surface area contributed by atoms with Crippen LogP contribution in [0, 0.1) is 141 Å². The molecule has 17 rings (SSSR count). The summed E-state index contributed by atoms with van der Waals surface area (Å²) in [4.78, 5) is 78.2. The van der Waals surface area contributed by atoms with E-state index in [0.29, 0.717) is 65.1 Å². The molecule has 0 amide bonds. The van der Waals surface area contributed by atoms with E-state index in [1.165, 1.54) is 96.3 Å². The summed E-state index contributed by atoms with van der Waals surface area (Å²) in [5.74, 6) is 10.5. The van der Waals surface area contributed by atoms with Gasteiger partial charge in [-0.25, -0.2) is 0 Å². The Hall–Kier alpha value is -3.18. The van der Waals surface area contributed by atoms with Crippen LogP contribution in [0.1, 0.15) is 276 Å². The third kappa shape index (κ3) is 11.6. The first-order chi connectivity index (χ1) is 42.7. The molecule has 0 radical (unpaired) electrons. The van der Waals surface area contributed by atoms with Crippen LogP contribution < -0.4 is 0 Å². The molecule has 0 heterocycles. The fourth-order valence-electron chi connectivity index (χ4n) is 24.3. The van der Waals surface area contributed by atoms with Crippen molar-refractivity contribution in [3.05, 3.63) is 0 Å². The van der Waals surface area contributed by atoms with Crippen molar-refractivity contribution in [1.29, 1.82) is 0 Å². The Balaban J connectivity index is 0.000000124. The van der Waals surface area contributed by atoms with Gasteiger partial charge in [0.15, 0.2) is 0 Å². The first-order valence-electron chi connectivity index (χ1n) is 38.0. The van der Waals surface area contributed by atoms with E-state index >= 15 is 0 Å². The van der Waals surface area contributed by atoms with Crippen LogP contribution in [0.15, 0.2) is 0 Å². The van der Waals surface area contributed by atoms with Crippen LogP contribution in [-0.4, -0.2) is 70.9 Å². The smallest absolute Gasteiger partial charge is 0.311 e. The molecule has 17 aliphatic rings. The van der Waals surface area contributed by atoms with Crippen LogP contribution >= 0.6 is 0 Å². The highest BCUT2D eigenvalue weighted by Crippen LogP contribution is 2.70. The second kappa shape index (κ2) is 24.5. The second-order valence-electron chi connectivity index (χ2n) is 36.2. The van der Waals surface area contributed by atoms with E-state index in [2.05, 4.69) is 27.7 Å². The highest BCUT2D eigenvalue weighted by Gasteiger charge is 2.68. The van der Waals surface area contributed by atoms with E-state index < -0.39 is 16.2 Å². The van der Waals surface area contributed by atoms with Crippen molar-refractivity contribution in [1.82, 2.24) is 0 Å². The van der Waals surface area contributed by atoms with Crippen molar-refractivity contribution in [2.75, 3.05) is 0 Å². The first kappa shape index (κ1) is 65.5. The molecule has 16 unspecified atom stereocenters. The van der Waals surface area contributed by atoms with Gasteiger partial charge in [0.2, 0.25) is 0 Å². The summed E-state index contributed by atoms with van der Waals surface area (Å²) in [6.07, 6.45) is 32.9. The molecule has 0 aromatic heterocycles. The summed E-state index contributed by atoms with van der Waals surface area (Å²) in [5, 5.41) is 0. The third-order valence-corrected chi connectivity index (χ3v) is 30.4. The standard InChI is InChI=1S/C27H42O4.C26H40O4.C25H38O4/c1-5-26(3,4)25(29)30-21-15-17-14-20(21)23-18-12-16(22(17)23)13-19(18)24(28)31-27(6-2)10-8-7-9-11-27;1-5-25(3,4)24(28)29-22-14-17-12-20(22)21(13-17)23(27)30-26(6-2)18-8-15-7-16(10-18)11-19(26)9-15;1-5-24(2,3)23(27)28-21-13-16-11-19(21)20(12-16)22(26)29-25(4)17-7-14-6-15(9-17)10-18(25)8-14/h16-23H,5-15H2,1-4H3;15-22H,5-14H2,1-4H3;14-21H,5-13H2,1-4H3. The Kier molecular flexibility index (Phi) is 17.8. The number of fused-ring (bicyclic) bond motifs is 13. The zero-order valence-electron chi connectivity index (χ0n) is 58.0. The topological polar surface area (TPSA) is 158 Å². The number of rotatable bonds is 17. The fraction of sp³-hybridized carbons (Fsp3) is 0.923. The average Bonchev–Trinajstić information content (AvgIpc) is 0.878. The number of carbonyl (C=O) groups is 6. The Morgan fingerprint density at radius 3 is 1.19 bits per heavy atom. The van der Waals surface area contributed by atoms with E-state index in [-0.39, 0.29) is 101 Å². The third-order valence-electron chi connectivity index (χ3n) is 30.4. The van der Waals surface area contributed by atoms with Gasteiger partial charge >= 0.3 is 35.8 Å². The lowest BCUT2D eigenvalue weighted by atomic mass is 9.49. The average molecular weight is 1250 g/mol. The zero-order chi connectivity index (χ0) is 63.8. The molecule has 0 aromatic carbocycles. The molecule has 0 spiro atoms. The summed E-state index contributed by atoms with van der Waals surface area (Å²) >= 11 is 0. The van der Waals surface area contributed by atoms with Crippen molar-refractivity contribution in [3.8, 4) is 0 Å². The van der Waals surface area contributed by atoms with Gasteiger partial charge in [-0.1, -0.05) is 41.0 Å². The number of ether oxygens (including phenoxy) is 6. The summed E-state index contributed by atoms with van der Waals surface area (Å²) in [5.41, 5.74) is -1.99. The lowest BCUT2D eigenvalue weighted by Gasteiger charge is -2.60. The van der Waals surface area contributed by atoms with Gasteiger partial charge in [-0.05, 0) is 329 Å². The summed E-state index contributed by atoms with van der Waals surface area (Å²) in [7, 11) is 0. The zero-order valence-corrected chi connectivity index (χ0v) is 58.0. The predicted octanol–water partition coefficient (Wildman–Crippen LogP) is 16.6. The van der Waals surface area contributed by atoms with Crippen LogP contribution in [0.3, 0.4) is 0 Å². The normalized spacial score (nSPS) is 45.3. The molecule has 17 saturated carbocycles. The number of esters is 6. The van der Waals surface area contributed by atoms with Crippen LogP contribution in [0.5, 0.6) is 0 Å². The fourth-order valence-corrected chi connectivity index (χ4v) is 24.3. The molecule has 12 heteroatoms. The van der Waals surface area contributed by atoms with Gasteiger partial charge < -0.3 is 28.4 Å². The van der Waals surface area contributed by atoms with Gasteiger partial charge in [0.05, 0.1) is 34.0 Å². The molecule has 12 nitrogen and oxygen atoms in total. The molecule has 0 aromatic rings. The highest BCUT2D eigenvalue weighted by molar-refractivity contribution is 5.79. The van der Waals surface area contributed by atoms with Crippen LogP contribution in [-0.2, 0) is 57.2 Å². The summed E-state index contributed by atoms with van der Waals surface area (Å²) < 4.78 is 37.3. The van der Waals surface area contributed by atoms with Crippen molar-refractivity contribution in [2.24, 2.45) is 141 Å². The Morgan fingerprint density at radius 1 is 0.367 bits per heavy atom. The summed E-state index contributed by atoms with van der Waals surface area (Å²) in [6, 6.07) is 0. The number of hydrogen-bond donors (Lipinski definition) is 0. The van der Waals surface area contributed by atoms with Crippen molar-refractivity contribution in [2.45, 2.75) is 311 Å². The van der Waals surface area contributed by atoms with Gasteiger partial charge in [-0.15, -0.1) is 0 Å². The van der Waals surface area contributed by atoms with E-state index in [4.69, 9.17) is 28.4 Å². The lowest BCUT2D eigenvalue weighted by molar-refractivity contribution is -0.217. The molecule has 90 heavy (non-hydrogen) atoms. The molecular formula is C78H120O12. The molecular weight excluding hydrogens is 1130 g/mol. The van der Waals surface area contributed by atoms with Crippen molar-refractivity contribution < 1.29 is 57.2 Å². The largest absolute Gasteiger partial charge is 0.462 e. The molecule has 0 N–H and O–H groups in total. The summed E-state index contributed by atoms with van der Waals surface area (Å²) in [6.45, 7) is 24.5. The number of carbonyl (C=O) groups excluding carboxylic acids is 6. The molecule has 0 saturated heterocycles. The van der Waals surface area contributed by atoms with Gasteiger partial charge in [-0.2, -0.15) is 0 Å². The maximum Gasteiger partial charge on any atom is 0.311 e. The molecule has 504 valence electrons. The highest BCUT2D eigenvalue weighted by atomic mass is 16.6. The second-order valence-corrected chi connectivity index (χ2v) is 36.2. The Labute approximate surface area is 541 Å². The van der Waals surface area contributed by atoms with Gasteiger partial charge in [0.1, 0.15) is 35.1 Å². The van der Waals surface area contributed by atoms with E-state index in [1.807, 2.05) is 55.4 Å². The number of hydrogen-bond acceptors (Lipinski definition) is 12. The van der Waals surface area contributed by atoms with Gasteiger partial charge in [-0.3, -0.25) is 28.8 Å². The van der Waals surface area contributed by atoms with Gasteiger partial charge in [0, 0.05) is 11.8 Å². The molecule has 0 aliphatic heterocycles. The van der Waals surface area contributed by atoms with Crippen LogP contribution in [0.2, 0.25) is 0 Å². The predicted molar refractivity (Wildman–Crippen MR) is 343 cm³/mol. The van der Waals surface area contributed by atoms with E-state index in [0.717, 1.165) is 126 Å². The lowest BCUT2D eigenvalue weighted by Crippen LogP contribution is -2.60. The Morgan fingerprint density at radius 2 is 0.756 bits per heavy atom. The van der Waals surface area contributed by atoms with Crippen LogP contribution in [0.4, 0.5) is 0 Å². The molecule has 17 fully saturated rings. The van der Waals surface area contributed by atoms with E-state index in [1.54, 1.807) is 0 Å². The first-order valence-corrected chi connectivity index (χ1v) is 38.0. The van der Waals surface area contributed by atoms with Gasteiger partial charge in [0.25, 0.3) is 0 Å². The Bertz CT molecular complexity index is 2640. The van der Waals surface area contributed by atoms with E-state index in [9.17, 15) is 28.8 Å². The maximum absolute atomic E-state index is 13.5. The molecule has 16 bridgehead atoms. The molecule has 16 atom stereocenters. The minimum atomic E-state index is -0.454. The minimum Gasteiger partial charge on any atom is -0.462 e. The monoisotopic (exact) mass is 1250 g/mol. The maximum atomic E-state index is 13.5. The quantitative estimate of drug-likeness (QED) is 0.0772. The molecule has 17 aliphatic carbocycles. The minimum absolute atomic E-state index is 0.00275. The van der Waals surface area contributed by atoms with Crippen LogP contribution in [0.25, 0.3) is 0 Å². The SMILES string of the molecule is CCC(C)(C)C(=O)OC1CC2CC(C(=O)OC3(C)C4CC5CC(C4)CC3C5)C1C2.CCC(C)(C)C(=O)OC1CC2CC(C(=O)OC3(CC)C4CC5CC(C4)CC3C5)C1C2.CCC1(OC(=O)C2CC3CC2C2C4CC(CC4OC(=O)C(C)(C)CC)C32)CCCCC1. The van der Waals surface area contributed by atoms with Crippen molar-refractivity contribution >= 4 is 35.8 Å².